The van der Waals surface area contributed by atoms with Crippen molar-refractivity contribution in [3.63, 3.8) is 0 Å². The van der Waals surface area contributed by atoms with Crippen LogP contribution in [0, 0.1) is 19.3 Å². The number of carbonyl (C=O) groups is 2. The Bertz CT molecular complexity index is 740. The Morgan fingerprint density at radius 2 is 1.84 bits per heavy atom. The minimum Gasteiger partial charge on any atom is -0.486 e. The van der Waals surface area contributed by atoms with Crippen molar-refractivity contribution in [2.24, 2.45) is 5.41 Å². The third-order valence-corrected chi connectivity index (χ3v) is 5.92. The molecule has 4 nitrogen and oxygen atoms in total. The van der Waals surface area contributed by atoms with E-state index in [1.165, 1.54) is 0 Å². The second kappa shape index (κ2) is 6.01. The number of nitrogens with zero attached hydrogens (tertiary/aromatic N) is 1. The highest BCUT2D eigenvalue weighted by Gasteiger charge is 2.45. The molecule has 0 radical (unpaired) electrons. The maximum Gasteiger partial charge on any atom is 0.227 e. The Balaban J connectivity index is 1.83. The standard InChI is InChI=1S/C20H26ClNO3/c1-12-10-15-16(13(2)17(12)21)14(23)11-20(25-15)6-8-22(9-7-20)18(24)19(3,4)5/h10H,6-9,11H2,1-5H3. The number of carbonyl (C=O) groups excluding carboxylic acids is 2. The molecule has 0 saturated carbocycles. The Morgan fingerprint density at radius 1 is 1.24 bits per heavy atom. The highest BCUT2D eigenvalue weighted by molar-refractivity contribution is 6.32. The predicted molar refractivity (Wildman–Crippen MR) is 98.5 cm³/mol. The van der Waals surface area contributed by atoms with E-state index in [2.05, 4.69) is 0 Å². The van der Waals surface area contributed by atoms with Crippen molar-refractivity contribution in [3.8, 4) is 5.75 Å². The quantitative estimate of drug-likeness (QED) is 0.689. The molecule has 5 heteroatoms. The SMILES string of the molecule is Cc1cc2c(c(C)c1Cl)C(=O)CC1(CCN(C(=O)C(C)(C)C)CC1)O2. The molecule has 0 bridgehead atoms. The minimum absolute atomic E-state index is 0.0937. The van der Waals surface area contributed by atoms with Gasteiger partial charge >= 0.3 is 0 Å². The number of benzene rings is 1. The molecule has 0 aromatic heterocycles. The van der Waals surface area contributed by atoms with Crippen molar-refractivity contribution in [2.75, 3.05) is 13.1 Å². The number of ether oxygens (including phenoxy) is 1. The van der Waals surface area contributed by atoms with Crippen molar-refractivity contribution in [3.05, 3.63) is 27.8 Å². The van der Waals surface area contributed by atoms with E-state index in [4.69, 9.17) is 16.3 Å². The number of halogens is 1. The number of hydrogen-bond donors (Lipinski definition) is 0. The van der Waals surface area contributed by atoms with E-state index in [-0.39, 0.29) is 17.1 Å². The molecular weight excluding hydrogens is 338 g/mol. The van der Waals surface area contributed by atoms with Crippen LogP contribution in [0.15, 0.2) is 6.07 Å². The summed E-state index contributed by atoms with van der Waals surface area (Å²) in [6.45, 7) is 10.9. The van der Waals surface area contributed by atoms with Gasteiger partial charge in [0, 0.05) is 36.4 Å². The molecule has 0 aliphatic carbocycles. The number of amides is 1. The number of rotatable bonds is 0. The summed E-state index contributed by atoms with van der Waals surface area (Å²) in [5.74, 6) is 0.894. The van der Waals surface area contributed by atoms with Crippen molar-refractivity contribution in [1.29, 1.82) is 0 Å². The molecule has 136 valence electrons. The molecule has 1 fully saturated rings. The van der Waals surface area contributed by atoms with Crippen LogP contribution in [0.4, 0.5) is 0 Å². The molecular formula is C20H26ClNO3. The second-order valence-electron chi connectivity index (χ2n) is 8.43. The second-order valence-corrected chi connectivity index (χ2v) is 8.81. The molecule has 0 unspecified atom stereocenters. The summed E-state index contributed by atoms with van der Waals surface area (Å²) in [4.78, 5) is 27.2. The van der Waals surface area contributed by atoms with Crippen molar-refractivity contribution < 1.29 is 14.3 Å². The zero-order valence-corrected chi connectivity index (χ0v) is 16.4. The van der Waals surface area contributed by atoms with E-state index >= 15 is 0 Å². The number of fused-ring (bicyclic) bond motifs is 1. The fourth-order valence-corrected chi connectivity index (χ4v) is 4.02. The van der Waals surface area contributed by atoms with Gasteiger partial charge in [0.15, 0.2) is 5.78 Å². The van der Waals surface area contributed by atoms with Crippen LogP contribution >= 0.6 is 11.6 Å². The van der Waals surface area contributed by atoms with Gasteiger partial charge in [0.2, 0.25) is 5.91 Å². The predicted octanol–water partition coefficient (Wildman–Crippen LogP) is 4.33. The van der Waals surface area contributed by atoms with Crippen LogP contribution in [-0.2, 0) is 4.79 Å². The summed E-state index contributed by atoms with van der Waals surface area (Å²) in [5.41, 5.74) is 1.46. The van der Waals surface area contributed by atoms with Gasteiger partial charge in [-0.1, -0.05) is 32.4 Å². The summed E-state index contributed by atoms with van der Waals surface area (Å²) >= 11 is 6.30. The summed E-state index contributed by atoms with van der Waals surface area (Å²) in [5, 5.41) is 0.636. The number of aryl methyl sites for hydroxylation is 1. The smallest absolute Gasteiger partial charge is 0.227 e. The molecule has 1 saturated heterocycles. The lowest BCUT2D eigenvalue weighted by Crippen LogP contribution is -2.54. The van der Waals surface area contributed by atoms with Crippen LogP contribution < -0.4 is 4.74 Å². The van der Waals surface area contributed by atoms with E-state index in [0.29, 0.717) is 48.7 Å². The number of piperidine rings is 1. The zero-order valence-electron chi connectivity index (χ0n) is 15.7. The first-order chi connectivity index (χ1) is 11.5. The molecule has 0 N–H and O–H groups in total. The Labute approximate surface area is 154 Å². The van der Waals surface area contributed by atoms with Crippen LogP contribution in [0.2, 0.25) is 5.02 Å². The average molecular weight is 364 g/mol. The lowest BCUT2D eigenvalue weighted by molar-refractivity contribution is -0.143. The summed E-state index contributed by atoms with van der Waals surface area (Å²) < 4.78 is 6.34. The molecule has 3 rings (SSSR count). The first-order valence-electron chi connectivity index (χ1n) is 8.85. The molecule has 1 aromatic carbocycles. The maximum atomic E-state index is 12.8. The number of hydrogen-bond acceptors (Lipinski definition) is 3. The average Bonchev–Trinajstić information content (AvgIpc) is 2.51. The fraction of sp³-hybridized carbons (Fsp3) is 0.600. The van der Waals surface area contributed by atoms with Gasteiger partial charge in [0.1, 0.15) is 11.4 Å². The Hall–Kier alpha value is -1.55. The van der Waals surface area contributed by atoms with Crippen LogP contribution in [0.3, 0.4) is 0 Å². The molecule has 0 atom stereocenters. The van der Waals surface area contributed by atoms with Gasteiger partial charge < -0.3 is 9.64 Å². The number of ketones is 1. The zero-order chi connectivity index (χ0) is 18.6. The molecule has 1 spiro atoms. The van der Waals surface area contributed by atoms with Crippen molar-refractivity contribution in [1.82, 2.24) is 4.90 Å². The summed E-state index contributed by atoms with van der Waals surface area (Å²) in [7, 11) is 0. The van der Waals surface area contributed by atoms with Crippen molar-refractivity contribution in [2.45, 2.75) is 59.5 Å². The van der Waals surface area contributed by atoms with E-state index in [0.717, 1.165) is 11.1 Å². The molecule has 2 aliphatic heterocycles. The summed E-state index contributed by atoms with van der Waals surface area (Å²) in [6.07, 6.45) is 1.72. The van der Waals surface area contributed by atoms with Gasteiger partial charge in [-0.25, -0.2) is 0 Å². The molecule has 2 heterocycles. The molecule has 25 heavy (non-hydrogen) atoms. The van der Waals surface area contributed by atoms with Crippen LogP contribution in [0.1, 0.15) is 61.5 Å². The van der Waals surface area contributed by atoms with E-state index in [1.807, 2.05) is 45.6 Å². The van der Waals surface area contributed by atoms with E-state index < -0.39 is 5.60 Å². The summed E-state index contributed by atoms with van der Waals surface area (Å²) in [6, 6.07) is 1.87. The lowest BCUT2D eigenvalue weighted by atomic mass is 9.80. The lowest BCUT2D eigenvalue weighted by Gasteiger charge is -2.45. The fourth-order valence-electron chi connectivity index (χ4n) is 3.87. The molecule has 1 aromatic rings. The molecule has 2 aliphatic rings. The van der Waals surface area contributed by atoms with E-state index in [9.17, 15) is 9.59 Å². The Kier molecular flexibility index (Phi) is 4.39. The highest BCUT2D eigenvalue weighted by Crippen LogP contribution is 2.43. The first-order valence-corrected chi connectivity index (χ1v) is 9.23. The van der Waals surface area contributed by atoms with Gasteiger partial charge in [-0.15, -0.1) is 0 Å². The minimum atomic E-state index is -0.495. The first kappa shape index (κ1) is 18.2. The highest BCUT2D eigenvalue weighted by atomic mass is 35.5. The van der Waals surface area contributed by atoms with Gasteiger partial charge in [0.25, 0.3) is 0 Å². The van der Waals surface area contributed by atoms with Crippen LogP contribution in [0.5, 0.6) is 5.75 Å². The number of Topliss-reactive ketones (excluding diaryl/α,β-unsaturated/α-hetero) is 1. The van der Waals surface area contributed by atoms with Crippen LogP contribution in [-0.4, -0.2) is 35.3 Å². The van der Waals surface area contributed by atoms with Crippen LogP contribution in [0.25, 0.3) is 0 Å². The molecule has 1 amide bonds. The third-order valence-electron chi connectivity index (χ3n) is 5.34. The normalized spacial score (nSPS) is 19.6. The third kappa shape index (κ3) is 3.17. The number of likely N-dealkylation sites (tertiary alicyclic amines) is 1. The van der Waals surface area contributed by atoms with Gasteiger partial charge in [-0.05, 0) is 31.0 Å². The van der Waals surface area contributed by atoms with Gasteiger partial charge in [-0.3, -0.25) is 9.59 Å². The monoisotopic (exact) mass is 363 g/mol. The van der Waals surface area contributed by atoms with Gasteiger partial charge in [-0.2, -0.15) is 0 Å². The largest absolute Gasteiger partial charge is 0.486 e. The Morgan fingerprint density at radius 3 is 2.40 bits per heavy atom. The topological polar surface area (TPSA) is 46.6 Å². The van der Waals surface area contributed by atoms with Gasteiger partial charge in [0.05, 0.1) is 12.0 Å². The van der Waals surface area contributed by atoms with Crippen molar-refractivity contribution >= 4 is 23.3 Å². The maximum absolute atomic E-state index is 12.8. The van der Waals surface area contributed by atoms with E-state index in [1.54, 1.807) is 0 Å².